The van der Waals surface area contributed by atoms with E-state index in [1.54, 1.807) is 31.2 Å². The van der Waals surface area contributed by atoms with Crippen molar-refractivity contribution in [2.75, 3.05) is 25.4 Å². The van der Waals surface area contributed by atoms with Crippen LogP contribution in [0.25, 0.3) is 0 Å². The lowest BCUT2D eigenvalue weighted by Crippen LogP contribution is -2.45. The highest BCUT2D eigenvalue weighted by Crippen LogP contribution is 2.17. The molecule has 2 unspecified atom stereocenters. The summed E-state index contributed by atoms with van der Waals surface area (Å²) < 4.78 is 34.7. The van der Waals surface area contributed by atoms with Crippen molar-refractivity contribution in [3.8, 4) is 5.75 Å². The van der Waals surface area contributed by atoms with Crippen molar-refractivity contribution in [2.45, 2.75) is 31.0 Å². The average Bonchev–Trinajstić information content (AvgIpc) is 2.46. The molecule has 112 valence electrons. The lowest BCUT2D eigenvalue weighted by molar-refractivity contribution is -0.0470. The van der Waals surface area contributed by atoms with Crippen LogP contribution in [0.15, 0.2) is 29.2 Å². The molecular formula is C14H21NO4S. The molecule has 0 spiro atoms. The first-order chi connectivity index (χ1) is 9.51. The second-order valence-electron chi connectivity index (χ2n) is 4.91. The summed E-state index contributed by atoms with van der Waals surface area (Å²) in [4.78, 5) is 0.330. The van der Waals surface area contributed by atoms with Crippen LogP contribution in [0, 0.1) is 0 Å². The first-order valence-electron chi connectivity index (χ1n) is 6.83. The summed E-state index contributed by atoms with van der Waals surface area (Å²) in [5.74, 6) is 0.758. The predicted octanol–water partition coefficient (Wildman–Crippen LogP) is 1.24. The van der Waals surface area contributed by atoms with Gasteiger partial charge in [-0.15, -0.1) is 0 Å². The lowest BCUT2D eigenvalue weighted by Gasteiger charge is -2.28. The van der Waals surface area contributed by atoms with Crippen LogP contribution in [-0.2, 0) is 14.6 Å². The fourth-order valence-electron chi connectivity index (χ4n) is 2.07. The molecule has 1 heterocycles. The number of hydrogen-bond donors (Lipinski definition) is 1. The molecule has 6 heteroatoms. The van der Waals surface area contributed by atoms with Crippen LogP contribution >= 0.6 is 0 Å². The van der Waals surface area contributed by atoms with E-state index in [9.17, 15) is 8.42 Å². The van der Waals surface area contributed by atoms with E-state index in [-0.39, 0.29) is 18.0 Å². The summed E-state index contributed by atoms with van der Waals surface area (Å²) in [5.41, 5.74) is 0. The minimum atomic E-state index is -3.15. The van der Waals surface area contributed by atoms with Crippen LogP contribution in [0.1, 0.15) is 13.8 Å². The van der Waals surface area contributed by atoms with Gasteiger partial charge in [-0.3, -0.25) is 0 Å². The smallest absolute Gasteiger partial charge is 0.178 e. The Morgan fingerprint density at radius 2 is 2.00 bits per heavy atom. The number of morpholine rings is 1. The van der Waals surface area contributed by atoms with Gasteiger partial charge in [0, 0.05) is 13.1 Å². The molecule has 2 rings (SSSR count). The minimum absolute atomic E-state index is 0.0257. The van der Waals surface area contributed by atoms with E-state index in [1.807, 2.05) is 6.92 Å². The summed E-state index contributed by atoms with van der Waals surface area (Å²) >= 11 is 0. The maximum absolute atomic E-state index is 11.7. The molecule has 0 saturated carbocycles. The molecule has 0 aromatic heterocycles. The molecule has 0 amide bonds. The quantitative estimate of drug-likeness (QED) is 0.886. The Labute approximate surface area is 120 Å². The summed E-state index contributed by atoms with van der Waals surface area (Å²) in [5, 5.41) is 3.27. The number of benzene rings is 1. The fraction of sp³-hybridized carbons (Fsp3) is 0.571. The Balaban J connectivity index is 1.91. The SMILES string of the molecule is CCS(=O)(=O)c1ccc(OCC2CNCC(C)O2)cc1. The van der Waals surface area contributed by atoms with Gasteiger partial charge in [0.25, 0.3) is 0 Å². The summed E-state index contributed by atoms with van der Waals surface area (Å²) in [6.45, 7) is 5.74. The van der Waals surface area contributed by atoms with Gasteiger partial charge in [0.15, 0.2) is 9.84 Å². The highest BCUT2D eigenvalue weighted by Gasteiger charge is 2.19. The third-order valence-electron chi connectivity index (χ3n) is 3.23. The molecule has 1 saturated heterocycles. The van der Waals surface area contributed by atoms with Crippen molar-refractivity contribution in [3.05, 3.63) is 24.3 Å². The summed E-state index contributed by atoms with van der Waals surface area (Å²) in [6, 6.07) is 6.53. The zero-order valence-electron chi connectivity index (χ0n) is 11.8. The molecule has 0 aliphatic carbocycles. The van der Waals surface area contributed by atoms with E-state index in [0.717, 1.165) is 13.1 Å². The zero-order chi connectivity index (χ0) is 14.6. The van der Waals surface area contributed by atoms with E-state index in [2.05, 4.69) is 5.32 Å². The predicted molar refractivity (Wildman–Crippen MR) is 76.9 cm³/mol. The maximum Gasteiger partial charge on any atom is 0.178 e. The standard InChI is InChI=1S/C14H21NO4S/c1-3-20(16,17)14-6-4-12(5-7-14)18-10-13-9-15-8-11(2)19-13/h4-7,11,13,15H,3,8-10H2,1-2H3. The monoisotopic (exact) mass is 299 g/mol. The number of hydrogen-bond acceptors (Lipinski definition) is 5. The van der Waals surface area contributed by atoms with Crippen LogP contribution in [0.3, 0.4) is 0 Å². The van der Waals surface area contributed by atoms with E-state index in [0.29, 0.717) is 17.3 Å². The van der Waals surface area contributed by atoms with Gasteiger partial charge in [0.05, 0.1) is 16.8 Å². The Morgan fingerprint density at radius 1 is 1.30 bits per heavy atom. The Morgan fingerprint density at radius 3 is 2.60 bits per heavy atom. The van der Waals surface area contributed by atoms with Crippen LogP contribution in [-0.4, -0.2) is 46.1 Å². The topological polar surface area (TPSA) is 64.6 Å². The highest BCUT2D eigenvalue weighted by molar-refractivity contribution is 7.91. The van der Waals surface area contributed by atoms with Crippen LogP contribution in [0.2, 0.25) is 0 Å². The van der Waals surface area contributed by atoms with Gasteiger partial charge in [0.1, 0.15) is 18.5 Å². The maximum atomic E-state index is 11.7. The van der Waals surface area contributed by atoms with Crippen molar-refractivity contribution in [1.82, 2.24) is 5.32 Å². The van der Waals surface area contributed by atoms with E-state index in [4.69, 9.17) is 9.47 Å². The second kappa shape index (κ2) is 6.56. The first kappa shape index (κ1) is 15.3. The van der Waals surface area contributed by atoms with Crippen molar-refractivity contribution in [3.63, 3.8) is 0 Å². The van der Waals surface area contributed by atoms with Crippen molar-refractivity contribution in [2.24, 2.45) is 0 Å². The second-order valence-corrected chi connectivity index (χ2v) is 7.19. The molecule has 1 aromatic carbocycles. The average molecular weight is 299 g/mol. The molecule has 1 aliphatic heterocycles. The van der Waals surface area contributed by atoms with E-state index < -0.39 is 9.84 Å². The van der Waals surface area contributed by atoms with Gasteiger partial charge in [-0.25, -0.2) is 8.42 Å². The van der Waals surface area contributed by atoms with Crippen molar-refractivity contribution < 1.29 is 17.9 Å². The van der Waals surface area contributed by atoms with Gasteiger partial charge < -0.3 is 14.8 Å². The van der Waals surface area contributed by atoms with Crippen molar-refractivity contribution >= 4 is 9.84 Å². The summed E-state index contributed by atoms with van der Waals surface area (Å²) in [7, 11) is -3.15. The van der Waals surface area contributed by atoms with Gasteiger partial charge in [0.2, 0.25) is 0 Å². The Hall–Kier alpha value is -1.11. The Bertz CT molecular complexity index is 527. The zero-order valence-corrected chi connectivity index (χ0v) is 12.7. The number of nitrogens with one attached hydrogen (secondary N) is 1. The molecule has 5 nitrogen and oxygen atoms in total. The van der Waals surface area contributed by atoms with Crippen LogP contribution in [0.4, 0.5) is 0 Å². The van der Waals surface area contributed by atoms with Crippen LogP contribution in [0.5, 0.6) is 5.75 Å². The molecule has 2 atom stereocenters. The largest absolute Gasteiger partial charge is 0.491 e. The van der Waals surface area contributed by atoms with Gasteiger partial charge in [-0.05, 0) is 31.2 Å². The third-order valence-corrected chi connectivity index (χ3v) is 4.98. The molecule has 1 fully saturated rings. The van der Waals surface area contributed by atoms with Crippen LogP contribution < -0.4 is 10.1 Å². The normalized spacial score (nSPS) is 23.5. The fourth-order valence-corrected chi connectivity index (χ4v) is 2.95. The van der Waals surface area contributed by atoms with E-state index in [1.165, 1.54) is 0 Å². The lowest BCUT2D eigenvalue weighted by atomic mass is 10.2. The molecule has 0 bridgehead atoms. The van der Waals surface area contributed by atoms with Gasteiger partial charge >= 0.3 is 0 Å². The minimum Gasteiger partial charge on any atom is -0.491 e. The Kier molecular flexibility index (Phi) is 5.01. The highest BCUT2D eigenvalue weighted by atomic mass is 32.2. The molecule has 1 aromatic rings. The molecule has 20 heavy (non-hydrogen) atoms. The molecule has 0 radical (unpaired) electrons. The van der Waals surface area contributed by atoms with Crippen molar-refractivity contribution in [1.29, 1.82) is 0 Å². The molecule has 1 aliphatic rings. The molecule has 1 N–H and O–H groups in total. The summed E-state index contributed by atoms with van der Waals surface area (Å²) in [6.07, 6.45) is 0.215. The number of sulfone groups is 1. The third kappa shape index (κ3) is 3.94. The molecular weight excluding hydrogens is 278 g/mol. The van der Waals surface area contributed by atoms with Gasteiger partial charge in [-0.2, -0.15) is 0 Å². The van der Waals surface area contributed by atoms with E-state index >= 15 is 0 Å². The number of rotatable bonds is 5. The first-order valence-corrected chi connectivity index (χ1v) is 8.48. The van der Waals surface area contributed by atoms with Gasteiger partial charge in [-0.1, -0.05) is 6.92 Å². The number of ether oxygens (including phenoxy) is 2.